The van der Waals surface area contributed by atoms with Crippen molar-refractivity contribution in [2.45, 2.75) is 6.92 Å². The zero-order valence-electron chi connectivity index (χ0n) is 11.2. The van der Waals surface area contributed by atoms with Gasteiger partial charge in [-0.15, -0.1) is 0 Å². The summed E-state index contributed by atoms with van der Waals surface area (Å²) in [5, 5.41) is 23.8. The van der Waals surface area contributed by atoms with E-state index in [-0.39, 0.29) is 11.3 Å². The molecule has 0 fully saturated rings. The second-order valence-corrected chi connectivity index (χ2v) is 4.38. The standard InChI is InChI=1S/C15H13FN2O3/c1-9(18-21)10-2-5-12(6-3-10)17-15(20)13-8-11(16)4-7-14(13)19/h2-8,19,21H,1H3,(H,17,20)/b18-9-. The molecule has 108 valence electrons. The van der Waals surface area contributed by atoms with Gasteiger partial charge in [-0.2, -0.15) is 0 Å². The predicted octanol–water partition coefficient (Wildman–Crippen LogP) is 2.98. The third kappa shape index (κ3) is 3.36. The van der Waals surface area contributed by atoms with E-state index in [1.54, 1.807) is 31.2 Å². The Hall–Kier alpha value is -2.89. The summed E-state index contributed by atoms with van der Waals surface area (Å²) in [5.41, 5.74) is 1.46. The highest BCUT2D eigenvalue weighted by molar-refractivity contribution is 6.06. The van der Waals surface area contributed by atoms with Crippen molar-refractivity contribution in [2.24, 2.45) is 5.16 Å². The number of phenols is 1. The van der Waals surface area contributed by atoms with Crippen LogP contribution >= 0.6 is 0 Å². The fourth-order valence-electron chi connectivity index (χ4n) is 1.74. The lowest BCUT2D eigenvalue weighted by atomic mass is 10.1. The van der Waals surface area contributed by atoms with Crippen molar-refractivity contribution in [2.75, 3.05) is 5.32 Å². The third-order valence-electron chi connectivity index (χ3n) is 2.91. The second kappa shape index (κ2) is 6.04. The number of anilines is 1. The molecule has 2 aromatic rings. The van der Waals surface area contributed by atoms with Gasteiger partial charge in [0.2, 0.25) is 0 Å². The lowest BCUT2D eigenvalue weighted by Crippen LogP contribution is -2.12. The molecule has 1 amide bonds. The van der Waals surface area contributed by atoms with E-state index >= 15 is 0 Å². The smallest absolute Gasteiger partial charge is 0.259 e. The van der Waals surface area contributed by atoms with E-state index < -0.39 is 11.7 Å². The number of rotatable bonds is 3. The number of nitrogens with zero attached hydrogens (tertiary/aromatic N) is 1. The predicted molar refractivity (Wildman–Crippen MR) is 76.5 cm³/mol. The lowest BCUT2D eigenvalue weighted by Gasteiger charge is -2.07. The molecule has 0 saturated heterocycles. The highest BCUT2D eigenvalue weighted by Gasteiger charge is 2.12. The van der Waals surface area contributed by atoms with Gasteiger partial charge in [0.25, 0.3) is 5.91 Å². The molecule has 0 unspecified atom stereocenters. The van der Waals surface area contributed by atoms with E-state index in [9.17, 15) is 14.3 Å². The number of benzene rings is 2. The number of carbonyl (C=O) groups is 1. The van der Waals surface area contributed by atoms with Crippen molar-refractivity contribution in [1.29, 1.82) is 0 Å². The van der Waals surface area contributed by atoms with Gasteiger partial charge in [-0.3, -0.25) is 4.79 Å². The van der Waals surface area contributed by atoms with Crippen molar-refractivity contribution >= 4 is 17.3 Å². The molecule has 0 aromatic heterocycles. The summed E-state index contributed by atoms with van der Waals surface area (Å²) < 4.78 is 13.1. The van der Waals surface area contributed by atoms with Crippen molar-refractivity contribution in [3.8, 4) is 5.75 Å². The zero-order valence-corrected chi connectivity index (χ0v) is 11.2. The van der Waals surface area contributed by atoms with Gasteiger partial charge in [-0.05, 0) is 42.8 Å². The van der Waals surface area contributed by atoms with Crippen molar-refractivity contribution < 1.29 is 19.5 Å². The van der Waals surface area contributed by atoms with E-state index in [2.05, 4.69) is 10.5 Å². The lowest BCUT2D eigenvalue weighted by molar-refractivity contribution is 0.102. The van der Waals surface area contributed by atoms with Crippen LogP contribution in [0.25, 0.3) is 0 Å². The van der Waals surface area contributed by atoms with Crippen LogP contribution in [0.2, 0.25) is 0 Å². The molecule has 0 bridgehead atoms. The molecule has 0 aliphatic carbocycles. The Morgan fingerprint density at radius 2 is 1.86 bits per heavy atom. The van der Waals surface area contributed by atoms with Crippen molar-refractivity contribution in [1.82, 2.24) is 0 Å². The maximum Gasteiger partial charge on any atom is 0.259 e. The summed E-state index contributed by atoms with van der Waals surface area (Å²) in [6, 6.07) is 9.69. The van der Waals surface area contributed by atoms with Gasteiger partial charge in [0, 0.05) is 5.69 Å². The molecule has 3 N–H and O–H groups in total. The first kappa shape index (κ1) is 14.5. The summed E-state index contributed by atoms with van der Waals surface area (Å²) in [5.74, 6) is -1.52. The summed E-state index contributed by atoms with van der Waals surface area (Å²) >= 11 is 0. The van der Waals surface area contributed by atoms with Gasteiger partial charge >= 0.3 is 0 Å². The van der Waals surface area contributed by atoms with Crippen molar-refractivity contribution in [3.05, 3.63) is 59.4 Å². The number of halogens is 1. The van der Waals surface area contributed by atoms with Gasteiger partial charge in [0.1, 0.15) is 11.6 Å². The van der Waals surface area contributed by atoms with Gasteiger partial charge in [0.05, 0.1) is 11.3 Å². The summed E-state index contributed by atoms with van der Waals surface area (Å²) in [6.45, 7) is 1.64. The molecule has 5 nitrogen and oxygen atoms in total. The van der Waals surface area contributed by atoms with Crippen molar-refractivity contribution in [3.63, 3.8) is 0 Å². The molecular formula is C15H13FN2O3. The molecule has 0 radical (unpaired) electrons. The molecular weight excluding hydrogens is 275 g/mol. The van der Waals surface area contributed by atoms with Crippen LogP contribution in [-0.4, -0.2) is 21.9 Å². The minimum absolute atomic E-state index is 0.146. The number of hydrogen-bond donors (Lipinski definition) is 3. The normalized spacial score (nSPS) is 11.2. The van der Waals surface area contributed by atoms with Crippen LogP contribution in [0, 0.1) is 5.82 Å². The highest BCUT2D eigenvalue weighted by atomic mass is 19.1. The first-order chi connectivity index (χ1) is 10.0. The van der Waals surface area contributed by atoms with E-state index in [1.807, 2.05) is 0 Å². The van der Waals surface area contributed by atoms with E-state index in [0.717, 1.165) is 18.2 Å². The van der Waals surface area contributed by atoms with Crippen LogP contribution in [0.5, 0.6) is 5.75 Å². The number of oxime groups is 1. The number of nitrogens with one attached hydrogen (secondary N) is 1. The van der Waals surface area contributed by atoms with E-state index in [1.165, 1.54) is 0 Å². The fourth-order valence-corrected chi connectivity index (χ4v) is 1.74. The van der Waals surface area contributed by atoms with E-state index in [0.29, 0.717) is 17.0 Å². The summed E-state index contributed by atoms with van der Waals surface area (Å²) in [6.07, 6.45) is 0. The Labute approximate surface area is 120 Å². The number of amides is 1. The Balaban J connectivity index is 2.18. The molecule has 2 aromatic carbocycles. The minimum Gasteiger partial charge on any atom is -0.507 e. The van der Waals surface area contributed by atoms with Gasteiger partial charge in [-0.1, -0.05) is 17.3 Å². The fraction of sp³-hybridized carbons (Fsp3) is 0.0667. The number of phenolic OH excluding ortho intramolecular Hbond substituents is 1. The number of carbonyl (C=O) groups excluding carboxylic acids is 1. The second-order valence-electron chi connectivity index (χ2n) is 4.38. The molecule has 0 aliphatic heterocycles. The zero-order chi connectivity index (χ0) is 15.4. The molecule has 0 aliphatic rings. The van der Waals surface area contributed by atoms with Crippen LogP contribution < -0.4 is 5.32 Å². The Morgan fingerprint density at radius 3 is 2.48 bits per heavy atom. The molecule has 0 saturated carbocycles. The van der Waals surface area contributed by atoms with E-state index in [4.69, 9.17) is 5.21 Å². The first-order valence-corrected chi connectivity index (χ1v) is 6.10. The number of aromatic hydroxyl groups is 1. The molecule has 21 heavy (non-hydrogen) atoms. The average molecular weight is 288 g/mol. The Bertz CT molecular complexity index is 697. The Kier molecular flexibility index (Phi) is 4.18. The van der Waals surface area contributed by atoms with Gasteiger partial charge < -0.3 is 15.6 Å². The van der Waals surface area contributed by atoms with Crippen LogP contribution in [-0.2, 0) is 0 Å². The largest absolute Gasteiger partial charge is 0.507 e. The summed E-state index contributed by atoms with van der Waals surface area (Å²) in [7, 11) is 0. The monoisotopic (exact) mass is 288 g/mol. The van der Waals surface area contributed by atoms with Gasteiger partial charge in [0.15, 0.2) is 0 Å². The molecule has 0 spiro atoms. The number of hydrogen-bond acceptors (Lipinski definition) is 4. The molecule has 2 rings (SSSR count). The minimum atomic E-state index is -0.618. The SMILES string of the molecule is C/C(=N/O)c1ccc(NC(=O)c2cc(F)ccc2O)cc1. The topological polar surface area (TPSA) is 81.9 Å². The van der Waals surface area contributed by atoms with Crippen LogP contribution in [0.15, 0.2) is 47.6 Å². The Morgan fingerprint density at radius 1 is 1.19 bits per heavy atom. The molecule has 6 heteroatoms. The first-order valence-electron chi connectivity index (χ1n) is 6.10. The average Bonchev–Trinajstić information content (AvgIpc) is 2.49. The third-order valence-corrected chi connectivity index (χ3v) is 2.91. The summed E-state index contributed by atoms with van der Waals surface area (Å²) in [4.78, 5) is 12.0. The highest BCUT2D eigenvalue weighted by Crippen LogP contribution is 2.20. The maximum absolute atomic E-state index is 13.1. The van der Waals surface area contributed by atoms with Crippen LogP contribution in [0.3, 0.4) is 0 Å². The van der Waals surface area contributed by atoms with Crippen LogP contribution in [0.4, 0.5) is 10.1 Å². The molecule has 0 heterocycles. The van der Waals surface area contributed by atoms with Crippen LogP contribution in [0.1, 0.15) is 22.8 Å². The maximum atomic E-state index is 13.1. The molecule has 0 atom stereocenters. The van der Waals surface area contributed by atoms with Gasteiger partial charge in [-0.25, -0.2) is 4.39 Å². The quantitative estimate of drug-likeness (QED) is 0.461.